The quantitative estimate of drug-likeness (QED) is 0.288. The summed E-state index contributed by atoms with van der Waals surface area (Å²) < 4.78 is 16.0. The molecule has 1 amide bonds. The van der Waals surface area contributed by atoms with E-state index in [1.54, 1.807) is 36.0 Å². The zero-order valence-corrected chi connectivity index (χ0v) is 21.2. The lowest BCUT2D eigenvalue weighted by molar-refractivity contribution is 0.0562. The van der Waals surface area contributed by atoms with Crippen molar-refractivity contribution in [3.63, 3.8) is 0 Å². The van der Waals surface area contributed by atoms with Crippen molar-refractivity contribution in [1.29, 1.82) is 0 Å². The molecule has 0 unspecified atom stereocenters. The Hall–Kier alpha value is -3.50. The zero-order chi connectivity index (χ0) is 26.1. The Morgan fingerprint density at radius 3 is 2.73 bits per heavy atom. The number of aliphatic hydroxyl groups is 1. The molecule has 1 aliphatic carbocycles. The van der Waals surface area contributed by atoms with Gasteiger partial charge in [0.15, 0.2) is 11.5 Å². The largest absolute Gasteiger partial charge is 0.397 e. The highest BCUT2D eigenvalue weighted by Gasteiger charge is 2.31. The van der Waals surface area contributed by atoms with Gasteiger partial charge in [-0.15, -0.1) is 0 Å². The van der Waals surface area contributed by atoms with Crippen molar-refractivity contribution in [1.82, 2.24) is 14.7 Å². The van der Waals surface area contributed by atoms with Gasteiger partial charge in [-0.3, -0.25) is 9.79 Å². The van der Waals surface area contributed by atoms with Gasteiger partial charge in [0.25, 0.3) is 5.91 Å². The average Bonchev–Trinajstić information content (AvgIpc) is 3.23. The number of nitrogens with zero attached hydrogens (tertiary/aromatic N) is 4. The monoisotopic (exact) mass is 507 g/mol. The van der Waals surface area contributed by atoms with E-state index in [0.717, 1.165) is 50.0 Å². The molecule has 2 aromatic heterocycles. The number of carbonyl (C=O) groups excluding carboxylic acids is 1. The van der Waals surface area contributed by atoms with Gasteiger partial charge < -0.3 is 30.8 Å². The maximum atomic E-state index is 14.5. The molecule has 2 fully saturated rings. The number of halogens is 1. The summed E-state index contributed by atoms with van der Waals surface area (Å²) in [5, 5.41) is 16.0. The minimum atomic E-state index is -0.517. The highest BCUT2D eigenvalue weighted by molar-refractivity contribution is 6.11. The van der Waals surface area contributed by atoms with Crippen LogP contribution in [0, 0.1) is 12.7 Å². The number of fused-ring (bicyclic) bond motifs is 1. The Labute approximate surface area is 215 Å². The molecule has 5 rings (SSSR count). The molecule has 9 nitrogen and oxygen atoms in total. The van der Waals surface area contributed by atoms with Crippen molar-refractivity contribution in [2.75, 3.05) is 35.6 Å². The lowest BCUT2D eigenvalue weighted by Crippen LogP contribution is -2.52. The van der Waals surface area contributed by atoms with Gasteiger partial charge in [0.05, 0.1) is 28.7 Å². The molecular formula is C27H34FN7O2. The van der Waals surface area contributed by atoms with Gasteiger partial charge in [-0.25, -0.2) is 9.37 Å². The Bertz CT molecular complexity index is 1320. The van der Waals surface area contributed by atoms with Gasteiger partial charge in [-0.1, -0.05) is 0 Å². The van der Waals surface area contributed by atoms with E-state index < -0.39 is 11.7 Å². The molecule has 1 saturated heterocycles. The number of rotatable bonds is 7. The summed E-state index contributed by atoms with van der Waals surface area (Å²) >= 11 is 0. The molecule has 3 aromatic rings. The van der Waals surface area contributed by atoms with Crippen LogP contribution < -0.4 is 21.3 Å². The number of imidazole rings is 1. The summed E-state index contributed by atoms with van der Waals surface area (Å²) in [6, 6.07) is 5.74. The predicted molar refractivity (Wildman–Crippen MR) is 144 cm³/mol. The van der Waals surface area contributed by atoms with Crippen LogP contribution in [0.4, 0.5) is 21.5 Å². The third-order valence-electron chi connectivity index (χ3n) is 7.22. The van der Waals surface area contributed by atoms with Gasteiger partial charge >= 0.3 is 0 Å². The SMILES string of the molecule is CCN=Cc1c(N2CCC(NC3CC(O)C3)CC2)ccc(C(=O)Nc2cc(F)c3nc(C)cn3c2)c1N. The Morgan fingerprint density at radius 1 is 1.27 bits per heavy atom. The van der Waals surface area contributed by atoms with Crippen molar-refractivity contribution < 1.29 is 14.3 Å². The van der Waals surface area contributed by atoms with E-state index in [9.17, 15) is 14.3 Å². The third kappa shape index (κ3) is 5.30. The molecule has 0 atom stereocenters. The summed E-state index contributed by atoms with van der Waals surface area (Å²) in [5.41, 5.74) is 10.1. The number of nitrogens with two attached hydrogens (primary N) is 1. The number of hydrogen-bond donors (Lipinski definition) is 4. The van der Waals surface area contributed by atoms with E-state index >= 15 is 0 Å². The Morgan fingerprint density at radius 2 is 2.03 bits per heavy atom. The number of aliphatic imine (C=N–C) groups is 1. The number of piperidine rings is 1. The van der Waals surface area contributed by atoms with Crippen LogP contribution in [0.5, 0.6) is 0 Å². The summed E-state index contributed by atoms with van der Waals surface area (Å²) in [7, 11) is 0. The van der Waals surface area contributed by atoms with Crippen molar-refractivity contribution in [2.45, 2.75) is 57.7 Å². The maximum Gasteiger partial charge on any atom is 0.257 e. The minimum Gasteiger partial charge on any atom is -0.397 e. The predicted octanol–water partition coefficient (Wildman–Crippen LogP) is 3.14. The van der Waals surface area contributed by atoms with Gasteiger partial charge in [0, 0.05) is 67.6 Å². The van der Waals surface area contributed by atoms with Crippen molar-refractivity contribution in [3.05, 3.63) is 53.2 Å². The molecule has 0 bridgehead atoms. The molecule has 2 aliphatic rings. The minimum absolute atomic E-state index is 0.159. The van der Waals surface area contributed by atoms with Gasteiger partial charge in [0.1, 0.15) is 0 Å². The van der Waals surface area contributed by atoms with E-state index in [1.807, 2.05) is 13.0 Å². The number of pyridine rings is 1. The number of anilines is 3. The maximum absolute atomic E-state index is 14.5. The first-order valence-corrected chi connectivity index (χ1v) is 12.9. The number of carbonyl (C=O) groups is 1. The van der Waals surface area contributed by atoms with Crippen LogP contribution in [0.1, 0.15) is 54.2 Å². The van der Waals surface area contributed by atoms with Crippen LogP contribution in [0.2, 0.25) is 0 Å². The molecule has 1 aliphatic heterocycles. The molecule has 1 aromatic carbocycles. The highest BCUT2D eigenvalue weighted by Crippen LogP contribution is 2.31. The number of nitrogens with one attached hydrogen (secondary N) is 2. The lowest BCUT2D eigenvalue weighted by Gasteiger charge is -2.40. The number of aromatic nitrogens is 2. The molecule has 0 radical (unpaired) electrons. The fraction of sp³-hybridized carbons (Fsp3) is 0.444. The number of nitrogen functional groups attached to an aromatic ring is 1. The van der Waals surface area contributed by atoms with E-state index in [4.69, 9.17) is 5.73 Å². The van der Waals surface area contributed by atoms with Crippen LogP contribution in [-0.2, 0) is 0 Å². The second kappa shape index (κ2) is 10.5. The summed E-state index contributed by atoms with van der Waals surface area (Å²) in [4.78, 5) is 24.0. The van der Waals surface area contributed by atoms with Crippen molar-refractivity contribution in [3.8, 4) is 0 Å². The first kappa shape index (κ1) is 25.2. The average molecular weight is 508 g/mol. The standard InChI is InChI=1S/C27H34FN7O2/c1-3-30-13-22-24(34-8-6-17(7-9-34)32-18-10-20(36)11-18)5-4-21(25(22)29)27(37)33-19-12-23(28)26-31-16(2)14-35(26)15-19/h4-5,12-15,17-18,20,32,36H,3,6-11,29H2,1-2H3,(H,33,37). The molecule has 10 heteroatoms. The van der Waals surface area contributed by atoms with Gasteiger partial charge in [-0.2, -0.15) is 0 Å². The third-order valence-corrected chi connectivity index (χ3v) is 7.22. The lowest BCUT2D eigenvalue weighted by atomic mass is 9.88. The Balaban J connectivity index is 1.34. The number of hydrogen-bond acceptors (Lipinski definition) is 7. The zero-order valence-electron chi connectivity index (χ0n) is 21.2. The smallest absolute Gasteiger partial charge is 0.257 e. The van der Waals surface area contributed by atoms with Gasteiger partial charge in [-0.05, 0) is 51.7 Å². The van der Waals surface area contributed by atoms with Crippen molar-refractivity contribution in [2.24, 2.45) is 4.99 Å². The number of aryl methyl sites for hydroxylation is 1. The van der Waals surface area contributed by atoms with E-state index in [0.29, 0.717) is 41.3 Å². The summed E-state index contributed by atoms with van der Waals surface area (Å²) in [6.07, 6.45) is 8.55. The van der Waals surface area contributed by atoms with Crippen LogP contribution in [-0.4, -0.2) is 64.4 Å². The molecule has 196 valence electrons. The first-order valence-electron chi connectivity index (χ1n) is 12.9. The Kier molecular flexibility index (Phi) is 7.12. The molecule has 37 heavy (non-hydrogen) atoms. The molecule has 0 spiro atoms. The molecular weight excluding hydrogens is 473 g/mol. The fourth-order valence-electron chi connectivity index (χ4n) is 5.21. The second-order valence-corrected chi connectivity index (χ2v) is 9.98. The van der Waals surface area contributed by atoms with Crippen LogP contribution in [0.25, 0.3) is 5.65 Å². The van der Waals surface area contributed by atoms with Crippen molar-refractivity contribution >= 4 is 34.8 Å². The topological polar surface area (TPSA) is 120 Å². The molecule has 1 saturated carbocycles. The summed E-state index contributed by atoms with van der Waals surface area (Å²) in [6.45, 7) is 6.03. The van der Waals surface area contributed by atoms with Crippen LogP contribution in [0.15, 0.2) is 35.6 Å². The first-order chi connectivity index (χ1) is 17.8. The van der Waals surface area contributed by atoms with Crippen LogP contribution >= 0.6 is 0 Å². The molecule has 3 heterocycles. The highest BCUT2D eigenvalue weighted by atomic mass is 19.1. The normalized spacial score (nSPS) is 20.5. The second-order valence-electron chi connectivity index (χ2n) is 9.98. The number of aliphatic hydroxyl groups excluding tert-OH is 1. The van der Waals surface area contributed by atoms with E-state index in [2.05, 4.69) is 25.5 Å². The van der Waals surface area contributed by atoms with E-state index in [-0.39, 0.29) is 11.8 Å². The summed E-state index contributed by atoms with van der Waals surface area (Å²) in [5.74, 6) is -0.937. The number of benzene rings is 1. The van der Waals surface area contributed by atoms with Crippen LogP contribution in [0.3, 0.4) is 0 Å². The van der Waals surface area contributed by atoms with Gasteiger partial charge in [0.2, 0.25) is 0 Å². The number of amides is 1. The van der Waals surface area contributed by atoms with E-state index in [1.165, 1.54) is 6.07 Å². The molecule has 5 N–H and O–H groups in total. The fourth-order valence-corrected chi connectivity index (χ4v) is 5.21.